The Bertz CT molecular complexity index is 363. The molecule has 0 aliphatic carbocycles. The molecule has 0 aliphatic rings. The Morgan fingerprint density at radius 3 is 2.73 bits per heavy atom. The maximum atomic E-state index is 5.93. The highest BCUT2D eigenvalue weighted by Crippen LogP contribution is 2.21. The van der Waals surface area contributed by atoms with Crippen LogP contribution in [0.1, 0.15) is 18.5 Å². The molecule has 3 nitrogen and oxygen atoms in total. The van der Waals surface area contributed by atoms with Crippen molar-refractivity contribution in [2.75, 3.05) is 14.1 Å². The molecule has 82 valence electrons. The van der Waals surface area contributed by atoms with Crippen LogP contribution in [-0.4, -0.2) is 25.0 Å². The van der Waals surface area contributed by atoms with Crippen molar-refractivity contribution < 1.29 is 0 Å². The molecule has 0 spiro atoms. The number of nitrogens with zero attached hydrogens (tertiary/aromatic N) is 2. The molecule has 4 heteroatoms. The van der Waals surface area contributed by atoms with E-state index >= 15 is 0 Å². The van der Waals surface area contributed by atoms with E-state index in [1.54, 1.807) is 7.05 Å². The summed E-state index contributed by atoms with van der Waals surface area (Å²) in [6.07, 6.45) is 0. The Balaban J connectivity index is 2.89. The lowest BCUT2D eigenvalue weighted by Gasteiger charge is -2.26. The molecule has 0 aliphatic heterocycles. The number of rotatable bonds is 2. The van der Waals surface area contributed by atoms with Gasteiger partial charge in [0.05, 0.1) is 6.04 Å². The first kappa shape index (κ1) is 11.9. The van der Waals surface area contributed by atoms with Gasteiger partial charge in [0, 0.05) is 19.1 Å². The van der Waals surface area contributed by atoms with Crippen molar-refractivity contribution in [1.82, 2.24) is 4.90 Å². The van der Waals surface area contributed by atoms with E-state index in [-0.39, 0.29) is 6.04 Å². The van der Waals surface area contributed by atoms with Gasteiger partial charge in [-0.3, -0.25) is 4.99 Å². The van der Waals surface area contributed by atoms with E-state index in [0.29, 0.717) is 5.96 Å². The van der Waals surface area contributed by atoms with Crippen LogP contribution in [0.2, 0.25) is 5.02 Å². The monoisotopic (exact) mass is 225 g/mol. The Labute approximate surface area is 95.6 Å². The number of nitrogens with two attached hydrogens (primary N) is 1. The van der Waals surface area contributed by atoms with Crippen molar-refractivity contribution in [3.8, 4) is 0 Å². The van der Waals surface area contributed by atoms with Crippen molar-refractivity contribution in [3.05, 3.63) is 34.9 Å². The molecule has 0 amide bonds. The lowest BCUT2D eigenvalue weighted by Crippen LogP contribution is -2.35. The third kappa shape index (κ3) is 2.86. The maximum absolute atomic E-state index is 5.93. The van der Waals surface area contributed by atoms with E-state index in [9.17, 15) is 0 Å². The molecular weight excluding hydrogens is 210 g/mol. The van der Waals surface area contributed by atoms with Crippen molar-refractivity contribution in [1.29, 1.82) is 0 Å². The number of guanidine groups is 1. The number of hydrogen-bond donors (Lipinski definition) is 1. The van der Waals surface area contributed by atoms with Crippen LogP contribution in [-0.2, 0) is 0 Å². The fourth-order valence-corrected chi connectivity index (χ4v) is 1.54. The molecular formula is C11H16ClN3. The maximum Gasteiger partial charge on any atom is 0.191 e. The van der Waals surface area contributed by atoms with Gasteiger partial charge in [-0.2, -0.15) is 0 Å². The molecule has 1 aromatic carbocycles. The van der Waals surface area contributed by atoms with Crippen LogP contribution in [0.15, 0.2) is 29.3 Å². The lowest BCUT2D eigenvalue weighted by atomic mass is 10.1. The van der Waals surface area contributed by atoms with E-state index < -0.39 is 0 Å². The zero-order valence-corrected chi connectivity index (χ0v) is 9.99. The zero-order chi connectivity index (χ0) is 11.4. The molecule has 1 aromatic rings. The third-order valence-electron chi connectivity index (χ3n) is 2.50. The second-order valence-electron chi connectivity index (χ2n) is 3.42. The van der Waals surface area contributed by atoms with Gasteiger partial charge in [0.25, 0.3) is 0 Å². The first-order chi connectivity index (χ1) is 7.06. The van der Waals surface area contributed by atoms with Crippen molar-refractivity contribution in [3.63, 3.8) is 0 Å². The van der Waals surface area contributed by atoms with Crippen LogP contribution in [0.3, 0.4) is 0 Å². The van der Waals surface area contributed by atoms with Crippen LogP contribution in [0.4, 0.5) is 0 Å². The van der Waals surface area contributed by atoms with Crippen LogP contribution in [0.5, 0.6) is 0 Å². The summed E-state index contributed by atoms with van der Waals surface area (Å²) >= 11 is 5.93. The highest BCUT2D eigenvalue weighted by Gasteiger charge is 2.12. The van der Waals surface area contributed by atoms with Crippen molar-refractivity contribution >= 4 is 17.6 Å². The Hall–Kier alpha value is -1.22. The first-order valence-electron chi connectivity index (χ1n) is 4.76. The predicted molar refractivity (Wildman–Crippen MR) is 65.2 cm³/mol. The quantitative estimate of drug-likeness (QED) is 0.620. The highest BCUT2D eigenvalue weighted by atomic mass is 35.5. The molecule has 0 saturated carbocycles. The van der Waals surface area contributed by atoms with Gasteiger partial charge < -0.3 is 10.6 Å². The SMILES string of the molecule is CN=C(N)N(C)C(C)c1cccc(Cl)c1. The number of halogens is 1. The minimum absolute atomic E-state index is 0.160. The second-order valence-corrected chi connectivity index (χ2v) is 3.86. The zero-order valence-electron chi connectivity index (χ0n) is 9.24. The van der Waals surface area contributed by atoms with E-state index in [0.717, 1.165) is 10.6 Å². The topological polar surface area (TPSA) is 41.6 Å². The van der Waals surface area contributed by atoms with Crippen LogP contribution >= 0.6 is 11.6 Å². The van der Waals surface area contributed by atoms with E-state index in [4.69, 9.17) is 17.3 Å². The van der Waals surface area contributed by atoms with Gasteiger partial charge in [0.15, 0.2) is 5.96 Å². The molecule has 1 unspecified atom stereocenters. The summed E-state index contributed by atoms with van der Waals surface area (Å²) in [5.74, 6) is 0.516. The van der Waals surface area contributed by atoms with Crippen LogP contribution < -0.4 is 5.73 Å². The van der Waals surface area contributed by atoms with Crippen molar-refractivity contribution in [2.24, 2.45) is 10.7 Å². The lowest BCUT2D eigenvalue weighted by molar-refractivity contribution is 0.397. The summed E-state index contributed by atoms with van der Waals surface area (Å²) < 4.78 is 0. The molecule has 0 fully saturated rings. The van der Waals surface area contributed by atoms with Gasteiger partial charge in [-0.15, -0.1) is 0 Å². The molecule has 15 heavy (non-hydrogen) atoms. The van der Waals surface area contributed by atoms with Gasteiger partial charge >= 0.3 is 0 Å². The van der Waals surface area contributed by atoms with Crippen molar-refractivity contribution in [2.45, 2.75) is 13.0 Å². The van der Waals surface area contributed by atoms with Gasteiger partial charge in [0.2, 0.25) is 0 Å². The number of aliphatic imine (C=N–C) groups is 1. The average molecular weight is 226 g/mol. The standard InChI is InChI=1S/C11H16ClN3/c1-8(15(3)11(13)14-2)9-5-4-6-10(12)7-9/h4-8H,1-3H3,(H2,13,14). The van der Waals surface area contributed by atoms with Gasteiger partial charge in [-0.25, -0.2) is 0 Å². The smallest absolute Gasteiger partial charge is 0.191 e. The Morgan fingerprint density at radius 1 is 1.53 bits per heavy atom. The fourth-order valence-electron chi connectivity index (χ4n) is 1.35. The highest BCUT2D eigenvalue weighted by molar-refractivity contribution is 6.30. The fraction of sp³-hybridized carbons (Fsp3) is 0.364. The van der Waals surface area contributed by atoms with Gasteiger partial charge in [-0.05, 0) is 24.6 Å². The second kappa shape index (κ2) is 5.03. The number of benzene rings is 1. The molecule has 0 saturated heterocycles. The Kier molecular flexibility index (Phi) is 3.97. The predicted octanol–water partition coefficient (Wildman–Crippen LogP) is 2.28. The summed E-state index contributed by atoms with van der Waals surface area (Å²) in [6, 6.07) is 7.91. The molecule has 0 aromatic heterocycles. The first-order valence-corrected chi connectivity index (χ1v) is 5.14. The molecule has 1 atom stereocenters. The summed E-state index contributed by atoms with van der Waals surface area (Å²) in [7, 11) is 3.59. The van der Waals surface area contributed by atoms with Gasteiger partial charge in [-0.1, -0.05) is 23.7 Å². The molecule has 0 heterocycles. The van der Waals surface area contributed by atoms with Crippen LogP contribution in [0.25, 0.3) is 0 Å². The summed E-state index contributed by atoms with van der Waals surface area (Å²) in [6.45, 7) is 2.06. The Morgan fingerprint density at radius 2 is 2.20 bits per heavy atom. The largest absolute Gasteiger partial charge is 0.370 e. The molecule has 1 rings (SSSR count). The van der Waals surface area contributed by atoms with E-state index in [1.165, 1.54) is 0 Å². The third-order valence-corrected chi connectivity index (χ3v) is 2.74. The summed E-state index contributed by atoms with van der Waals surface area (Å²) in [5, 5.41) is 0.736. The van der Waals surface area contributed by atoms with E-state index in [1.807, 2.05) is 36.2 Å². The number of hydrogen-bond acceptors (Lipinski definition) is 1. The van der Waals surface area contributed by atoms with Gasteiger partial charge in [0.1, 0.15) is 0 Å². The average Bonchev–Trinajstić information content (AvgIpc) is 2.26. The molecule has 0 bridgehead atoms. The normalized spacial score (nSPS) is 13.7. The molecule has 0 radical (unpaired) electrons. The minimum atomic E-state index is 0.160. The van der Waals surface area contributed by atoms with Crippen LogP contribution in [0, 0.1) is 0 Å². The van der Waals surface area contributed by atoms with E-state index in [2.05, 4.69) is 11.9 Å². The molecule has 2 N–H and O–H groups in total. The minimum Gasteiger partial charge on any atom is -0.370 e. The summed E-state index contributed by atoms with van der Waals surface area (Å²) in [5.41, 5.74) is 6.86. The summed E-state index contributed by atoms with van der Waals surface area (Å²) in [4.78, 5) is 5.85.